The minimum Gasteiger partial charge on any atom is -0.384 e. The number of hydrogen-bond donors (Lipinski definition) is 3. The van der Waals surface area contributed by atoms with Gasteiger partial charge < -0.3 is 5.73 Å². The maximum atomic E-state index is 13.3. The Bertz CT molecular complexity index is 576. The van der Waals surface area contributed by atoms with Gasteiger partial charge in [0, 0.05) is 5.69 Å². The maximum Gasteiger partial charge on any atom is 0.237 e. The van der Waals surface area contributed by atoms with Crippen molar-refractivity contribution in [1.29, 1.82) is 5.41 Å². The van der Waals surface area contributed by atoms with Crippen molar-refractivity contribution in [2.45, 2.75) is 25.5 Å². The van der Waals surface area contributed by atoms with Crippen LogP contribution in [0.5, 0.6) is 0 Å². The molecule has 0 aliphatic rings. The second kappa shape index (κ2) is 4.56. The molecule has 0 atom stereocenters. The molecule has 0 aliphatic heterocycles. The average Bonchev–Trinajstić information content (AvgIpc) is 2.18. The molecule has 1 rings (SSSR count). The van der Waals surface area contributed by atoms with Gasteiger partial charge in [-0.25, -0.2) is 12.8 Å². The van der Waals surface area contributed by atoms with Gasteiger partial charge in [-0.3, -0.25) is 10.1 Å². The third-order valence-electron chi connectivity index (χ3n) is 2.31. The van der Waals surface area contributed by atoms with Crippen LogP contribution in [0.3, 0.4) is 0 Å². The molecule has 0 radical (unpaired) electrons. The summed E-state index contributed by atoms with van der Waals surface area (Å²) < 4.78 is 38.4. The largest absolute Gasteiger partial charge is 0.384 e. The Morgan fingerprint density at radius 2 is 1.94 bits per heavy atom. The minimum atomic E-state index is -3.59. The fourth-order valence-electron chi connectivity index (χ4n) is 1.10. The Morgan fingerprint density at radius 3 is 2.39 bits per heavy atom. The number of benzene rings is 1. The van der Waals surface area contributed by atoms with Crippen LogP contribution in [0.4, 0.5) is 10.1 Å². The van der Waals surface area contributed by atoms with Crippen LogP contribution in [0.25, 0.3) is 0 Å². The molecular formula is C11H16FN3O2S. The molecule has 0 bridgehead atoms. The Kier molecular flexibility index (Phi) is 3.66. The Morgan fingerprint density at radius 1 is 1.39 bits per heavy atom. The molecule has 0 heterocycles. The number of nitrogens with one attached hydrogen (secondary N) is 2. The number of hydrogen-bond acceptors (Lipinski definition) is 3. The lowest BCUT2D eigenvalue weighted by Gasteiger charge is -2.20. The number of halogens is 1. The number of amidine groups is 1. The summed E-state index contributed by atoms with van der Waals surface area (Å²) in [4.78, 5) is 0. The standard InChI is InChI=1S/C11H16FN3O2S/c1-11(2,3)18(16,17)15-7-4-5-9(12)8(6-7)10(13)14/h4-6,15H,1-3H3,(H3,13,14). The van der Waals surface area contributed by atoms with E-state index in [1.54, 1.807) is 20.8 Å². The zero-order valence-electron chi connectivity index (χ0n) is 10.4. The summed E-state index contributed by atoms with van der Waals surface area (Å²) in [6, 6.07) is 3.54. The van der Waals surface area contributed by atoms with Crippen molar-refractivity contribution in [3.8, 4) is 0 Å². The molecule has 7 heteroatoms. The summed E-state index contributed by atoms with van der Waals surface area (Å²) in [7, 11) is -3.59. The highest BCUT2D eigenvalue weighted by molar-refractivity contribution is 7.94. The van der Waals surface area contributed by atoms with Crippen molar-refractivity contribution >= 4 is 21.5 Å². The van der Waals surface area contributed by atoms with E-state index in [1.165, 1.54) is 12.1 Å². The summed E-state index contributed by atoms with van der Waals surface area (Å²) in [5.41, 5.74) is 5.24. The summed E-state index contributed by atoms with van der Waals surface area (Å²) in [6.45, 7) is 4.64. The van der Waals surface area contributed by atoms with Gasteiger partial charge in [-0.05, 0) is 39.0 Å². The van der Waals surface area contributed by atoms with Gasteiger partial charge in [-0.15, -0.1) is 0 Å². The highest BCUT2D eigenvalue weighted by Crippen LogP contribution is 2.21. The van der Waals surface area contributed by atoms with E-state index in [2.05, 4.69) is 4.72 Å². The van der Waals surface area contributed by atoms with Crippen LogP contribution >= 0.6 is 0 Å². The van der Waals surface area contributed by atoms with E-state index in [4.69, 9.17) is 11.1 Å². The third kappa shape index (κ3) is 2.98. The zero-order chi connectivity index (χ0) is 14.1. The molecule has 4 N–H and O–H groups in total. The molecular weight excluding hydrogens is 257 g/mol. The van der Waals surface area contributed by atoms with E-state index < -0.39 is 26.4 Å². The van der Waals surface area contributed by atoms with Gasteiger partial charge in [-0.1, -0.05) is 0 Å². The summed E-state index contributed by atoms with van der Waals surface area (Å²) in [5, 5.41) is 7.19. The molecule has 0 unspecified atom stereocenters. The third-order valence-corrected chi connectivity index (χ3v) is 4.43. The fraction of sp³-hybridized carbons (Fsp3) is 0.364. The summed E-state index contributed by atoms with van der Waals surface area (Å²) in [6.07, 6.45) is 0. The summed E-state index contributed by atoms with van der Waals surface area (Å²) >= 11 is 0. The van der Waals surface area contributed by atoms with Crippen molar-refractivity contribution < 1.29 is 12.8 Å². The summed E-state index contributed by atoms with van der Waals surface area (Å²) in [5.74, 6) is -1.12. The molecule has 0 aliphatic carbocycles. The van der Waals surface area contributed by atoms with Crippen LogP contribution in [0.2, 0.25) is 0 Å². The molecule has 0 aromatic heterocycles. The van der Waals surface area contributed by atoms with E-state index in [-0.39, 0.29) is 11.3 Å². The van der Waals surface area contributed by atoms with Gasteiger partial charge in [0.25, 0.3) is 0 Å². The van der Waals surface area contributed by atoms with Crippen molar-refractivity contribution in [3.63, 3.8) is 0 Å². The molecule has 0 spiro atoms. The van der Waals surface area contributed by atoms with Crippen LogP contribution in [0.15, 0.2) is 18.2 Å². The molecule has 1 aromatic carbocycles. The van der Waals surface area contributed by atoms with Gasteiger partial charge in [0.15, 0.2) is 0 Å². The molecule has 18 heavy (non-hydrogen) atoms. The van der Waals surface area contributed by atoms with Crippen LogP contribution < -0.4 is 10.5 Å². The first-order valence-corrected chi connectivity index (χ1v) is 6.69. The Balaban J connectivity index is 3.15. The first kappa shape index (κ1) is 14.4. The van der Waals surface area contributed by atoms with Gasteiger partial charge in [0.2, 0.25) is 10.0 Å². The lowest BCUT2D eigenvalue weighted by atomic mass is 10.2. The van der Waals surface area contributed by atoms with E-state index >= 15 is 0 Å². The first-order valence-electron chi connectivity index (χ1n) is 5.21. The smallest absolute Gasteiger partial charge is 0.237 e. The molecule has 1 aromatic rings. The number of sulfonamides is 1. The second-order valence-electron chi connectivity index (χ2n) is 4.83. The van der Waals surface area contributed by atoms with Crippen molar-refractivity contribution in [1.82, 2.24) is 0 Å². The van der Waals surface area contributed by atoms with E-state index in [9.17, 15) is 12.8 Å². The Hall–Kier alpha value is -1.63. The highest BCUT2D eigenvalue weighted by Gasteiger charge is 2.29. The van der Waals surface area contributed by atoms with Gasteiger partial charge in [-0.2, -0.15) is 0 Å². The molecule has 0 amide bonds. The van der Waals surface area contributed by atoms with Crippen molar-refractivity contribution in [2.75, 3.05) is 4.72 Å². The molecule has 0 saturated carbocycles. The van der Waals surface area contributed by atoms with E-state index in [1.807, 2.05) is 0 Å². The van der Waals surface area contributed by atoms with Gasteiger partial charge in [0.1, 0.15) is 11.7 Å². The average molecular weight is 273 g/mol. The highest BCUT2D eigenvalue weighted by atomic mass is 32.2. The van der Waals surface area contributed by atoms with Crippen LogP contribution in [0, 0.1) is 11.2 Å². The zero-order valence-corrected chi connectivity index (χ0v) is 11.2. The SMILES string of the molecule is CC(C)(C)S(=O)(=O)Nc1ccc(F)c(C(=N)N)c1. The van der Waals surface area contributed by atoms with Gasteiger partial charge >= 0.3 is 0 Å². The maximum absolute atomic E-state index is 13.3. The molecule has 100 valence electrons. The van der Waals surface area contributed by atoms with E-state index in [0.717, 1.165) is 6.07 Å². The molecule has 5 nitrogen and oxygen atoms in total. The van der Waals surface area contributed by atoms with Gasteiger partial charge in [0.05, 0.1) is 10.3 Å². The number of anilines is 1. The van der Waals surface area contributed by atoms with E-state index in [0.29, 0.717) is 0 Å². The Labute approximate surface area is 106 Å². The van der Waals surface area contributed by atoms with Crippen LogP contribution in [-0.2, 0) is 10.0 Å². The number of nitrogens with two attached hydrogens (primary N) is 1. The number of rotatable bonds is 3. The second-order valence-corrected chi connectivity index (χ2v) is 7.26. The fourth-order valence-corrected chi connectivity index (χ4v) is 1.85. The molecule has 0 fully saturated rings. The topological polar surface area (TPSA) is 96.0 Å². The monoisotopic (exact) mass is 273 g/mol. The van der Waals surface area contributed by atoms with Crippen LogP contribution in [0.1, 0.15) is 26.3 Å². The normalized spacial score (nSPS) is 12.2. The lowest BCUT2D eigenvalue weighted by Crippen LogP contribution is -2.33. The first-order chi connectivity index (χ1) is 8.04. The lowest BCUT2D eigenvalue weighted by molar-refractivity contribution is 0.566. The molecule has 0 saturated heterocycles. The predicted octanol–water partition coefficient (Wildman–Crippen LogP) is 1.65. The van der Waals surface area contributed by atoms with Crippen molar-refractivity contribution in [2.24, 2.45) is 5.73 Å². The quantitative estimate of drug-likeness (QED) is 0.577. The predicted molar refractivity (Wildman–Crippen MR) is 69.7 cm³/mol. The van der Waals surface area contributed by atoms with Crippen molar-refractivity contribution in [3.05, 3.63) is 29.6 Å². The number of nitrogen functional groups attached to an aromatic ring is 1. The minimum absolute atomic E-state index is 0.135. The van der Waals surface area contributed by atoms with Crippen LogP contribution in [-0.4, -0.2) is 19.0 Å².